The number of carbonyl (C=O) groups excluding carboxylic acids is 1. The van der Waals surface area contributed by atoms with Gasteiger partial charge in [-0.3, -0.25) is 4.79 Å². The van der Waals surface area contributed by atoms with Gasteiger partial charge in [0.05, 0.1) is 11.9 Å². The van der Waals surface area contributed by atoms with E-state index in [0.717, 1.165) is 12.5 Å². The zero-order chi connectivity index (χ0) is 12.6. The number of Topliss-reactive ketones (excluding diaryl/α,β-unsaturated/α-hetero) is 1. The van der Waals surface area contributed by atoms with Crippen molar-refractivity contribution >= 4 is 5.78 Å². The molecule has 16 heavy (non-hydrogen) atoms. The lowest BCUT2D eigenvalue weighted by Gasteiger charge is -2.24. The molecule has 1 aromatic heterocycles. The first-order valence-corrected chi connectivity index (χ1v) is 4.84. The number of ketones is 1. The highest BCUT2D eigenvalue weighted by atomic mass is 19.4. The quantitative estimate of drug-likeness (QED) is 0.805. The van der Waals surface area contributed by atoms with Crippen LogP contribution >= 0.6 is 0 Å². The highest BCUT2D eigenvalue weighted by Crippen LogP contribution is 2.29. The second kappa shape index (κ2) is 3.92. The maximum atomic E-state index is 12.3. The van der Waals surface area contributed by atoms with E-state index in [1.165, 1.54) is 4.57 Å². The summed E-state index contributed by atoms with van der Waals surface area (Å²) in [6, 6.07) is 0. The number of halogens is 3. The van der Waals surface area contributed by atoms with Crippen molar-refractivity contribution in [1.29, 1.82) is 0 Å². The molecule has 0 bridgehead atoms. The molecule has 0 saturated carbocycles. The van der Waals surface area contributed by atoms with Gasteiger partial charge in [-0.1, -0.05) is 6.92 Å². The van der Waals surface area contributed by atoms with E-state index >= 15 is 0 Å². The van der Waals surface area contributed by atoms with Crippen molar-refractivity contribution in [2.45, 2.75) is 38.9 Å². The Morgan fingerprint density at radius 3 is 2.38 bits per heavy atom. The van der Waals surface area contributed by atoms with E-state index in [2.05, 4.69) is 4.98 Å². The summed E-state index contributed by atoms with van der Waals surface area (Å²) in [6.45, 7) is 4.81. The number of imidazole rings is 1. The SMILES string of the molecule is CCC(=O)C(C)(C)n1cnc(C(F)(F)F)c1. The largest absolute Gasteiger partial charge is 0.434 e. The predicted molar refractivity (Wildman–Crippen MR) is 51.8 cm³/mol. The molecular weight excluding hydrogens is 221 g/mol. The van der Waals surface area contributed by atoms with Crippen LogP contribution in [-0.4, -0.2) is 15.3 Å². The van der Waals surface area contributed by atoms with Gasteiger partial charge in [-0.15, -0.1) is 0 Å². The van der Waals surface area contributed by atoms with Crippen molar-refractivity contribution in [2.75, 3.05) is 0 Å². The van der Waals surface area contributed by atoms with E-state index < -0.39 is 17.4 Å². The van der Waals surface area contributed by atoms with Crippen molar-refractivity contribution in [2.24, 2.45) is 0 Å². The molecule has 0 spiro atoms. The first kappa shape index (κ1) is 12.7. The lowest BCUT2D eigenvalue weighted by atomic mass is 9.97. The molecule has 0 amide bonds. The average molecular weight is 234 g/mol. The van der Waals surface area contributed by atoms with E-state index in [0.29, 0.717) is 0 Å². The fourth-order valence-corrected chi connectivity index (χ4v) is 1.35. The van der Waals surface area contributed by atoms with Crippen LogP contribution in [-0.2, 0) is 16.5 Å². The summed E-state index contributed by atoms with van der Waals surface area (Å²) in [5.41, 5.74) is -1.98. The third-order valence-electron chi connectivity index (χ3n) is 2.52. The van der Waals surface area contributed by atoms with E-state index in [-0.39, 0.29) is 12.2 Å². The number of carbonyl (C=O) groups is 1. The maximum Gasteiger partial charge on any atom is 0.434 e. The molecule has 0 aromatic carbocycles. The van der Waals surface area contributed by atoms with Crippen molar-refractivity contribution in [1.82, 2.24) is 9.55 Å². The van der Waals surface area contributed by atoms with E-state index in [9.17, 15) is 18.0 Å². The van der Waals surface area contributed by atoms with Crippen LogP contribution in [0.1, 0.15) is 32.9 Å². The Kier molecular flexibility index (Phi) is 3.12. The molecule has 0 unspecified atom stereocenters. The summed E-state index contributed by atoms with van der Waals surface area (Å²) in [6.07, 6.45) is -2.31. The molecule has 1 aromatic rings. The van der Waals surface area contributed by atoms with E-state index in [1.807, 2.05) is 0 Å². The molecule has 1 heterocycles. The summed E-state index contributed by atoms with van der Waals surface area (Å²) < 4.78 is 38.1. The number of hydrogen-bond donors (Lipinski definition) is 0. The summed E-state index contributed by atoms with van der Waals surface area (Å²) in [4.78, 5) is 14.8. The Balaban J connectivity index is 3.07. The highest BCUT2D eigenvalue weighted by Gasteiger charge is 2.36. The number of hydrogen-bond acceptors (Lipinski definition) is 2. The fourth-order valence-electron chi connectivity index (χ4n) is 1.35. The first-order chi connectivity index (χ1) is 7.19. The Bertz CT molecular complexity index is 393. The van der Waals surface area contributed by atoms with E-state index in [1.54, 1.807) is 20.8 Å². The van der Waals surface area contributed by atoms with Gasteiger partial charge in [0.1, 0.15) is 0 Å². The first-order valence-electron chi connectivity index (χ1n) is 4.84. The minimum absolute atomic E-state index is 0.140. The molecule has 0 aliphatic rings. The smallest absolute Gasteiger partial charge is 0.324 e. The van der Waals surface area contributed by atoms with Crippen LogP contribution in [0.2, 0.25) is 0 Å². The van der Waals surface area contributed by atoms with Gasteiger partial charge in [-0.2, -0.15) is 13.2 Å². The lowest BCUT2D eigenvalue weighted by Crippen LogP contribution is -2.34. The van der Waals surface area contributed by atoms with E-state index in [4.69, 9.17) is 0 Å². The van der Waals surface area contributed by atoms with Gasteiger partial charge in [0, 0.05) is 12.6 Å². The highest BCUT2D eigenvalue weighted by molar-refractivity contribution is 5.85. The Morgan fingerprint density at radius 1 is 1.44 bits per heavy atom. The molecule has 3 nitrogen and oxygen atoms in total. The average Bonchev–Trinajstić information content (AvgIpc) is 2.64. The molecule has 0 radical (unpaired) electrons. The maximum absolute atomic E-state index is 12.3. The number of aromatic nitrogens is 2. The van der Waals surface area contributed by atoms with Gasteiger partial charge in [0.2, 0.25) is 0 Å². The van der Waals surface area contributed by atoms with Crippen molar-refractivity contribution in [3.8, 4) is 0 Å². The molecular formula is C10H13F3N2O. The number of nitrogens with zero attached hydrogens (tertiary/aromatic N) is 2. The van der Waals surface area contributed by atoms with Gasteiger partial charge in [0.15, 0.2) is 11.5 Å². The molecule has 0 saturated heterocycles. The summed E-state index contributed by atoms with van der Waals surface area (Å²) in [7, 11) is 0. The Hall–Kier alpha value is -1.33. The molecule has 0 atom stereocenters. The molecule has 0 aliphatic heterocycles. The van der Waals surface area contributed by atoms with Crippen molar-refractivity contribution < 1.29 is 18.0 Å². The molecule has 0 aliphatic carbocycles. The van der Waals surface area contributed by atoms with Crippen molar-refractivity contribution in [3.05, 3.63) is 18.2 Å². The second-order valence-corrected chi connectivity index (χ2v) is 4.00. The van der Waals surface area contributed by atoms with Crippen LogP contribution in [0.4, 0.5) is 13.2 Å². The van der Waals surface area contributed by atoms with Gasteiger partial charge >= 0.3 is 6.18 Å². The van der Waals surface area contributed by atoms with Crippen molar-refractivity contribution in [3.63, 3.8) is 0 Å². The fraction of sp³-hybridized carbons (Fsp3) is 0.600. The third kappa shape index (κ3) is 2.25. The minimum Gasteiger partial charge on any atom is -0.324 e. The van der Waals surface area contributed by atoms with Gasteiger partial charge < -0.3 is 4.57 Å². The summed E-state index contributed by atoms with van der Waals surface area (Å²) >= 11 is 0. The van der Waals surface area contributed by atoms with Crippen LogP contribution < -0.4 is 0 Å². The second-order valence-electron chi connectivity index (χ2n) is 4.00. The Labute approximate surface area is 91.3 Å². The monoisotopic (exact) mass is 234 g/mol. The van der Waals surface area contributed by atoms with Crippen LogP contribution in [0.25, 0.3) is 0 Å². The summed E-state index contributed by atoms with van der Waals surface area (Å²) in [5, 5.41) is 0. The minimum atomic E-state index is -4.48. The predicted octanol–water partition coefficient (Wildman–Crippen LogP) is 2.62. The standard InChI is InChI=1S/C10H13F3N2O/c1-4-8(16)9(2,3)15-5-7(14-6-15)10(11,12)13/h5-6H,4H2,1-3H3. The van der Waals surface area contributed by atoms with Gasteiger partial charge in [-0.25, -0.2) is 4.98 Å². The summed E-state index contributed by atoms with van der Waals surface area (Å²) in [5.74, 6) is -0.140. The Morgan fingerprint density at radius 2 is 2.00 bits per heavy atom. The normalized spacial score (nSPS) is 12.9. The topological polar surface area (TPSA) is 34.9 Å². The van der Waals surface area contributed by atoms with Crippen LogP contribution in [0.5, 0.6) is 0 Å². The lowest BCUT2D eigenvalue weighted by molar-refractivity contribution is -0.141. The number of rotatable bonds is 3. The molecule has 1 rings (SSSR count). The van der Waals surface area contributed by atoms with Gasteiger partial charge in [-0.05, 0) is 13.8 Å². The molecule has 0 fully saturated rings. The zero-order valence-electron chi connectivity index (χ0n) is 9.30. The van der Waals surface area contributed by atoms with Gasteiger partial charge in [0.25, 0.3) is 0 Å². The molecule has 90 valence electrons. The van der Waals surface area contributed by atoms with Crippen LogP contribution in [0.3, 0.4) is 0 Å². The molecule has 0 N–H and O–H groups in total. The van der Waals surface area contributed by atoms with Crippen LogP contribution in [0.15, 0.2) is 12.5 Å². The third-order valence-corrected chi connectivity index (χ3v) is 2.52. The van der Waals surface area contributed by atoms with Crippen LogP contribution in [0, 0.1) is 0 Å². The molecule has 6 heteroatoms. The number of alkyl halides is 3. The zero-order valence-corrected chi connectivity index (χ0v) is 9.30.